The van der Waals surface area contributed by atoms with Gasteiger partial charge in [-0.2, -0.15) is 0 Å². The lowest BCUT2D eigenvalue weighted by atomic mass is 10.2. The van der Waals surface area contributed by atoms with Crippen molar-refractivity contribution in [2.75, 3.05) is 13.2 Å². The molecule has 0 fully saturated rings. The van der Waals surface area contributed by atoms with Gasteiger partial charge in [0.25, 0.3) is 0 Å². The molecule has 0 saturated carbocycles. The largest absolute Gasteiger partial charge is 0.467 e. The van der Waals surface area contributed by atoms with E-state index in [-0.39, 0.29) is 12.1 Å². The van der Waals surface area contributed by atoms with Crippen LogP contribution in [0.25, 0.3) is 0 Å². The van der Waals surface area contributed by atoms with Crippen LogP contribution in [0.2, 0.25) is 10.0 Å². The Morgan fingerprint density at radius 3 is 2.68 bits per heavy atom. The summed E-state index contributed by atoms with van der Waals surface area (Å²) in [6.07, 6.45) is 1.57. The molecular weight excluding hydrogens is 363 g/mol. The van der Waals surface area contributed by atoms with Crippen LogP contribution in [0.3, 0.4) is 0 Å². The van der Waals surface area contributed by atoms with Crippen molar-refractivity contribution in [1.29, 1.82) is 0 Å². The number of furan rings is 1. The molecule has 2 rings (SSSR count). The molecule has 0 radical (unpaired) electrons. The highest BCUT2D eigenvalue weighted by molar-refractivity contribution is 6.35. The van der Waals surface area contributed by atoms with Crippen molar-refractivity contribution in [2.24, 2.45) is 5.92 Å². The number of hydrogen-bond acceptors (Lipinski definition) is 3. The molecule has 7 heteroatoms. The monoisotopic (exact) mass is 384 g/mol. The normalized spacial score (nSPS) is 12.2. The second kappa shape index (κ2) is 9.70. The smallest absolute Gasteiger partial charge is 0.315 e. The van der Waals surface area contributed by atoms with E-state index in [2.05, 4.69) is 24.5 Å². The molecule has 0 saturated heterocycles. The Morgan fingerprint density at radius 1 is 1.24 bits per heavy atom. The molecule has 0 aliphatic heterocycles. The fraction of sp³-hybridized carbons (Fsp3) is 0.389. The van der Waals surface area contributed by atoms with Crippen molar-refractivity contribution in [1.82, 2.24) is 10.6 Å². The van der Waals surface area contributed by atoms with E-state index in [1.807, 2.05) is 0 Å². The topological polar surface area (TPSA) is 63.5 Å². The maximum atomic E-state index is 12.2. The minimum absolute atomic E-state index is 0.291. The quantitative estimate of drug-likeness (QED) is 0.686. The van der Waals surface area contributed by atoms with Gasteiger partial charge in [-0.05, 0) is 35.7 Å². The number of ether oxygens (including phenoxy) is 1. The third kappa shape index (κ3) is 6.61. The Labute approximate surface area is 157 Å². The summed E-state index contributed by atoms with van der Waals surface area (Å²) < 4.78 is 11.0. The fourth-order valence-electron chi connectivity index (χ4n) is 2.16. The van der Waals surface area contributed by atoms with E-state index >= 15 is 0 Å². The first-order valence-electron chi connectivity index (χ1n) is 8.05. The molecule has 2 amide bonds. The number of amides is 2. The second-order valence-electron chi connectivity index (χ2n) is 6.06. The Bertz CT molecular complexity index is 675. The molecule has 0 aliphatic rings. The number of hydrogen-bond donors (Lipinski definition) is 2. The minimum Gasteiger partial charge on any atom is -0.467 e. The highest BCUT2D eigenvalue weighted by Gasteiger charge is 2.18. The van der Waals surface area contributed by atoms with Gasteiger partial charge in [-0.25, -0.2) is 4.79 Å². The Kier molecular flexibility index (Phi) is 7.62. The second-order valence-corrected chi connectivity index (χ2v) is 6.91. The summed E-state index contributed by atoms with van der Waals surface area (Å²) in [5.41, 5.74) is 0.784. The number of benzene rings is 1. The lowest BCUT2D eigenvalue weighted by Crippen LogP contribution is -2.39. The third-order valence-electron chi connectivity index (χ3n) is 3.38. The van der Waals surface area contributed by atoms with Crippen LogP contribution in [-0.2, 0) is 11.3 Å². The first-order chi connectivity index (χ1) is 12.0. The maximum Gasteiger partial charge on any atom is 0.315 e. The maximum absolute atomic E-state index is 12.2. The van der Waals surface area contributed by atoms with Gasteiger partial charge < -0.3 is 19.8 Å². The van der Waals surface area contributed by atoms with Crippen LogP contribution in [0, 0.1) is 5.92 Å². The van der Waals surface area contributed by atoms with Gasteiger partial charge in [0.15, 0.2) is 0 Å². The van der Waals surface area contributed by atoms with Crippen LogP contribution in [-0.4, -0.2) is 19.2 Å². The molecule has 0 bridgehead atoms. The van der Waals surface area contributed by atoms with E-state index < -0.39 is 0 Å². The Balaban J connectivity index is 1.90. The van der Waals surface area contributed by atoms with Crippen LogP contribution in [0.15, 0.2) is 41.0 Å². The molecule has 2 N–H and O–H groups in total. The number of rotatable bonds is 8. The van der Waals surface area contributed by atoms with Gasteiger partial charge in [-0.1, -0.05) is 43.1 Å². The highest BCUT2D eigenvalue weighted by atomic mass is 35.5. The van der Waals surface area contributed by atoms with E-state index in [0.717, 1.165) is 5.56 Å². The molecular formula is C18H22Cl2N2O3. The van der Waals surface area contributed by atoms with Crippen LogP contribution >= 0.6 is 23.2 Å². The summed E-state index contributed by atoms with van der Waals surface area (Å²) in [5.74, 6) is 1.06. The van der Waals surface area contributed by atoms with E-state index in [1.165, 1.54) is 0 Å². The van der Waals surface area contributed by atoms with Crippen LogP contribution < -0.4 is 10.6 Å². The fourth-order valence-corrected chi connectivity index (χ4v) is 2.63. The zero-order valence-electron chi connectivity index (χ0n) is 14.2. The van der Waals surface area contributed by atoms with Crippen LogP contribution in [0.1, 0.15) is 31.2 Å². The highest BCUT2D eigenvalue weighted by Crippen LogP contribution is 2.21. The first-order valence-corrected chi connectivity index (χ1v) is 8.80. The molecule has 0 aliphatic carbocycles. The average molecular weight is 385 g/mol. The minimum atomic E-state index is -0.366. The molecule has 25 heavy (non-hydrogen) atoms. The van der Waals surface area contributed by atoms with Gasteiger partial charge >= 0.3 is 6.03 Å². The van der Waals surface area contributed by atoms with E-state index in [0.29, 0.717) is 41.5 Å². The van der Waals surface area contributed by atoms with Crippen molar-refractivity contribution < 1.29 is 13.9 Å². The van der Waals surface area contributed by atoms with Gasteiger partial charge in [-0.15, -0.1) is 0 Å². The summed E-state index contributed by atoms with van der Waals surface area (Å²) in [5, 5.41) is 6.70. The number of halogens is 2. The molecule has 1 aromatic carbocycles. The average Bonchev–Trinajstić information content (AvgIpc) is 3.07. The Hall–Kier alpha value is -1.69. The van der Waals surface area contributed by atoms with Gasteiger partial charge in [0.05, 0.1) is 12.9 Å². The van der Waals surface area contributed by atoms with Gasteiger partial charge in [-0.3, -0.25) is 0 Å². The molecule has 1 unspecified atom stereocenters. The summed E-state index contributed by atoms with van der Waals surface area (Å²) in [6, 6.07) is 8.03. The number of carbonyl (C=O) groups excluding carboxylic acids is 1. The summed E-state index contributed by atoms with van der Waals surface area (Å²) in [4.78, 5) is 12.2. The predicted octanol–water partition coefficient (Wildman–Crippen LogP) is 4.80. The zero-order chi connectivity index (χ0) is 18.2. The number of urea groups is 1. The van der Waals surface area contributed by atoms with Gasteiger partial charge in [0, 0.05) is 23.2 Å². The van der Waals surface area contributed by atoms with Crippen molar-refractivity contribution in [2.45, 2.75) is 26.4 Å². The molecule has 1 atom stereocenters. The van der Waals surface area contributed by atoms with E-state index in [9.17, 15) is 4.79 Å². The molecule has 136 valence electrons. The molecule has 0 spiro atoms. The van der Waals surface area contributed by atoms with Crippen molar-refractivity contribution >= 4 is 29.2 Å². The molecule has 1 aromatic heterocycles. The summed E-state index contributed by atoms with van der Waals surface area (Å²) in [7, 11) is 0. The summed E-state index contributed by atoms with van der Waals surface area (Å²) in [6.45, 7) is 5.37. The van der Waals surface area contributed by atoms with Gasteiger partial charge in [0.2, 0.25) is 0 Å². The number of carbonyl (C=O) groups is 1. The number of nitrogens with one attached hydrogen (secondary N) is 2. The van der Waals surface area contributed by atoms with Crippen molar-refractivity contribution in [3.8, 4) is 0 Å². The summed E-state index contributed by atoms with van der Waals surface area (Å²) >= 11 is 12.0. The predicted molar refractivity (Wildman–Crippen MR) is 98.9 cm³/mol. The SMILES string of the molecule is CC(C)COCC(NC(=O)NCc1ccc(Cl)cc1Cl)c1ccco1. The van der Waals surface area contributed by atoms with Gasteiger partial charge in [0.1, 0.15) is 11.8 Å². The molecule has 2 aromatic rings. The van der Waals surface area contributed by atoms with Crippen LogP contribution in [0.4, 0.5) is 4.79 Å². The zero-order valence-corrected chi connectivity index (χ0v) is 15.7. The van der Waals surface area contributed by atoms with E-state index in [1.54, 1.807) is 36.6 Å². The Morgan fingerprint density at radius 2 is 2.04 bits per heavy atom. The van der Waals surface area contributed by atoms with E-state index in [4.69, 9.17) is 32.4 Å². The van der Waals surface area contributed by atoms with Crippen molar-refractivity contribution in [3.05, 3.63) is 58.0 Å². The standard InChI is InChI=1S/C18H22Cl2N2O3/c1-12(2)10-24-11-16(17-4-3-7-25-17)22-18(23)21-9-13-5-6-14(19)8-15(13)20/h3-8,12,16H,9-11H2,1-2H3,(H2,21,22,23). The molecule has 1 heterocycles. The lowest BCUT2D eigenvalue weighted by Gasteiger charge is -2.18. The first kappa shape index (κ1) is 19.6. The van der Waals surface area contributed by atoms with Crippen LogP contribution in [0.5, 0.6) is 0 Å². The lowest BCUT2D eigenvalue weighted by molar-refractivity contribution is 0.0868. The third-order valence-corrected chi connectivity index (χ3v) is 3.97. The molecule has 5 nitrogen and oxygen atoms in total. The van der Waals surface area contributed by atoms with Crippen molar-refractivity contribution in [3.63, 3.8) is 0 Å².